The molecule has 0 aliphatic carbocycles. The molecule has 2 atom stereocenters. The first kappa shape index (κ1) is 11.9. The Kier molecular flexibility index (Phi) is 3.30. The lowest BCUT2D eigenvalue weighted by molar-refractivity contribution is -0.00523. The summed E-state index contributed by atoms with van der Waals surface area (Å²) in [4.78, 5) is 2.09. The van der Waals surface area contributed by atoms with E-state index < -0.39 is 5.82 Å². The fraction of sp³-hybridized carbons (Fsp3) is 0.462. The number of morpholine rings is 1. The summed E-state index contributed by atoms with van der Waals surface area (Å²) in [5.74, 6) is -0.461. The summed E-state index contributed by atoms with van der Waals surface area (Å²) < 4.78 is 19.1. The standard InChI is InChI=1S/C13H15FN2O/c1-9-7-16(8-10(2)17-9)12-4-3-11(6-15)13(14)5-12/h3-5,9-10H,7-8H2,1-2H3/t9-,10+. The Balaban J connectivity index is 2.22. The topological polar surface area (TPSA) is 36.3 Å². The number of hydrogen-bond donors (Lipinski definition) is 0. The van der Waals surface area contributed by atoms with Gasteiger partial charge in [0.05, 0.1) is 17.8 Å². The molecule has 0 aromatic heterocycles. The van der Waals surface area contributed by atoms with Crippen molar-refractivity contribution in [1.82, 2.24) is 0 Å². The maximum Gasteiger partial charge on any atom is 0.143 e. The maximum absolute atomic E-state index is 13.5. The molecule has 1 aliphatic heterocycles. The minimum atomic E-state index is -0.461. The molecule has 0 unspecified atom stereocenters. The predicted molar refractivity (Wildman–Crippen MR) is 63.3 cm³/mol. The van der Waals surface area contributed by atoms with Gasteiger partial charge < -0.3 is 9.64 Å². The molecule has 1 saturated heterocycles. The lowest BCUT2D eigenvalue weighted by Crippen LogP contribution is -2.45. The molecule has 0 N–H and O–H groups in total. The van der Waals surface area contributed by atoms with E-state index in [4.69, 9.17) is 10.00 Å². The highest BCUT2D eigenvalue weighted by Crippen LogP contribution is 2.22. The van der Waals surface area contributed by atoms with Gasteiger partial charge in [0.1, 0.15) is 11.9 Å². The fourth-order valence-electron chi connectivity index (χ4n) is 2.18. The van der Waals surface area contributed by atoms with E-state index in [1.807, 2.05) is 19.9 Å². The summed E-state index contributed by atoms with van der Waals surface area (Å²) in [6.45, 7) is 5.50. The maximum atomic E-state index is 13.5. The highest BCUT2D eigenvalue weighted by atomic mass is 19.1. The Hall–Kier alpha value is -1.60. The second-order valence-corrected chi connectivity index (χ2v) is 4.44. The van der Waals surface area contributed by atoms with Crippen molar-refractivity contribution < 1.29 is 9.13 Å². The fourth-order valence-corrected chi connectivity index (χ4v) is 2.18. The molecule has 90 valence electrons. The van der Waals surface area contributed by atoms with Crippen molar-refractivity contribution in [1.29, 1.82) is 5.26 Å². The lowest BCUT2D eigenvalue weighted by Gasteiger charge is -2.36. The summed E-state index contributed by atoms with van der Waals surface area (Å²) in [7, 11) is 0. The van der Waals surface area contributed by atoms with E-state index in [-0.39, 0.29) is 17.8 Å². The first-order chi connectivity index (χ1) is 8.10. The van der Waals surface area contributed by atoms with Crippen LogP contribution in [0.15, 0.2) is 18.2 Å². The Morgan fingerprint density at radius 2 is 2.00 bits per heavy atom. The van der Waals surface area contributed by atoms with Crippen molar-refractivity contribution in [3.05, 3.63) is 29.6 Å². The smallest absolute Gasteiger partial charge is 0.143 e. The van der Waals surface area contributed by atoms with Gasteiger partial charge in [0, 0.05) is 18.8 Å². The second kappa shape index (κ2) is 4.72. The van der Waals surface area contributed by atoms with Crippen LogP contribution in [0.25, 0.3) is 0 Å². The van der Waals surface area contributed by atoms with Crippen LogP contribution in [0.4, 0.5) is 10.1 Å². The Labute approximate surface area is 100 Å². The van der Waals surface area contributed by atoms with Gasteiger partial charge >= 0.3 is 0 Å². The monoisotopic (exact) mass is 234 g/mol. The number of halogens is 1. The SMILES string of the molecule is C[C@@H]1CN(c2ccc(C#N)c(F)c2)C[C@H](C)O1. The van der Waals surface area contributed by atoms with Crippen molar-refractivity contribution in [2.75, 3.05) is 18.0 Å². The van der Waals surface area contributed by atoms with Crippen LogP contribution in [0.5, 0.6) is 0 Å². The molecule has 1 aromatic rings. The van der Waals surface area contributed by atoms with E-state index in [1.165, 1.54) is 12.1 Å². The Bertz CT molecular complexity index is 445. The molecule has 4 heteroatoms. The molecule has 0 spiro atoms. The van der Waals surface area contributed by atoms with Gasteiger partial charge in [-0.1, -0.05) is 0 Å². The van der Waals surface area contributed by atoms with Gasteiger partial charge in [-0.2, -0.15) is 5.26 Å². The van der Waals surface area contributed by atoms with Crippen LogP contribution < -0.4 is 4.90 Å². The molecular formula is C13H15FN2O. The van der Waals surface area contributed by atoms with Gasteiger partial charge in [0.2, 0.25) is 0 Å². The molecule has 0 saturated carbocycles. The summed E-state index contributed by atoms with van der Waals surface area (Å²) in [5, 5.41) is 8.68. The Morgan fingerprint density at radius 1 is 1.35 bits per heavy atom. The van der Waals surface area contributed by atoms with Gasteiger partial charge in [-0.3, -0.25) is 0 Å². The third kappa shape index (κ3) is 2.56. The van der Waals surface area contributed by atoms with Gasteiger partial charge in [-0.25, -0.2) is 4.39 Å². The van der Waals surface area contributed by atoms with Crippen LogP contribution in [0, 0.1) is 17.1 Å². The first-order valence-electron chi connectivity index (χ1n) is 5.70. The number of rotatable bonds is 1. The normalized spacial score (nSPS) is 24.5. The van der Waals surface area contributed by atoms with Crippen LogP contribution in [0.2, 0.25) is 0 Å². The van der Waals surface area contributed by atoms with E-state index in [9.17, 15) is 4.39 Å². The zero-order valence-corrected chi connectivity index (χ0v) is 9.98. The van der Waals surface area contributed by atoms with Gasteiger partial charge in [-0.05, 0) is 32.0 Å². The summed E-state index contributed by atoms with van der Waals surface area (Å²) in [6.07, 6.45) is 0.273. The highest BCUT2D eigenvalue weighted by molar-refractivity contribution is 5.51. The number of ether oxygens (including phenoxy) is 1. The zero-order chi connectivity index (χ0) is 12.4. The van der Waals surface area contributed by atoms with Crippen molar-refractivity contribution in [3.8, 4) is 6.07 Å². The molecule has 0 bridgehead atoms. The predicted octanol–water partition coefficient (Wildman–Crippen LogP) is 2.31. The van der Waals surface area contributed by atoms with Crippen LogP contribution in [-0.2, 0) is 4.74 Å². The molecule has 1 fully saturated rings. The average molecular weight is 234 g/mol. The number of nitriles is 1. The minimum Gasteiger partial charge on any atom is -0.372 e. The van der Waals surface area contributed by atoms with E-state index in [0.29, 0.717) is 0 Å². The lowest BCUT2D eigenvalue weighted by atomic mass is 10.1. The Morgan fingerprint density at radius 3 is 2.53 bits per heavy atom. The molecule has 1 aromatic carbocycles. The van der Waals surface area contributed by atoms with Crippen LogP contribution in [0.1, 0.15) is 19.4 Å². The highest BCUT2D eigenvalue weighted by Gasteiger charge is 2.22. The van der Waals surface area contributed by atoms with Crippen molar-refractivity contribution in [2.45, 2.75) is 26.1 Å². The molecule has 3 nitrogen and oxygen atoms in total. The summed E-state index contributed by atoms with van der Waals surface area (Å²) in [5.41, 5.74) is 0.895. The second-order valence-electron chi connectivity index (χ2n) is 4.44. The van der Waals surface area contributed by atoms with E-state index >= 15 is 0 Å². The van der Waals surface area contributed by atoms with Crippen LogP contribution >= 0.6 is 0 Å². The molecule has 17 heavy (non-hydrogen) atoms. The third-order valence-electron chi connectivity index (χ3n) is 2.86. The van der Waals surface area contributed by atoms with Crippen molar-refractivity contribution in [3.63, 3.8) is 0 Å². The molecule has 2 rings (SSSR count). The number of anilines is 1. The van der Waals surface area contributed by atoms with Gasteiger partial charge in [0.25, 0.3) is 0 Å². The number of benzene rings is 1. The minimum absolute atomic E-state index is 0.0862. The number of nitrogens with zero attached hydrogens (tertiary/aromatic N) is 2. The quantitative estimate of drug-likeness (QED) is 0.748. The summed E-state index contributed by atoms with van der Waals surface area (Å²) >= 11 is 0. The molecular weight excluding hydrogens is 219 g/mol. The van der Waals surface area contributed by atoms with E-state index in [1.54, 1.807) is 6.07 Å². The molecule has 0 amide bonds. The average Bonchev–Trinajstić information content (AvgIpc) is 2.27. The van der Waals surface area contributed by atoms with Crippen molar-refractivity contribution in [2.24, 2.45) is 0 Å². The van der Waals surface area contributed by atoms with Crippen molar-refractivity contribution >= 4 is 5.69 Å². The van der Waals surface area contributed by atoms with E-state index in [2.05, 4.69) is 4.90 Å². The van der Waals surface area contributed by atoms with Gasteiger partial charge in [-0.15, -0.1) is 0 Å². The third-order valence-corrected chi connectivity index (χ3v) is 2.86. The first-order valence-corrected chi connectivity index (χ1v) is 5.70. The largest absolute Gasteiger partial charge is 0.372 e. The van der Waals surface area contributed by atoms with Crippen LogP contribution in [-0.4, -0.2) is 25.3 Å². The van der Waals surface area contributed by atoms with Gasteiger partial charge in [0.15, 0.2) is 0 Å². The summed E-state index contributed by atoms with van der Waals surface area (Å²) in [6, 6.07) is 6.55. The van der Waals surface area contributed by atoms with Crippen LogP contribution in [0.3, 0.4) is 0 Å². The number of hydrogen-bond acceptors (Lipinski definition) is 3. The van der Waals surface area contributed by atoms with E-state index in [0.717, 1.165) is 18.8 Å². The molecule has 0 radical (unpaired) electrons. The molecule has 1 aliphatic rings. The molecule has 1 heterocycles. The zero-order valence-electron chi connectivity index (χ0n) is 9.98.